The van der Waals surface area contributed by atoms with E-state index in [9.17, 15) is 4.79 Å². The fourth-order valence-electron chi connectivity index (χ4n) is 0.461. The fourth-order valence-corrected chi connectivity index (χ4v) is 0.461. The van der Waals surface area contributed by atoms with E-state index in [0.29, 0.717) is 19.4 Å². The second-order valence-corrected chi connectivity index (χ2v) is 2.32. The second kappa shape index (κ2) is 15.1. The van der Waals surface area contributed by atoms with Gasteiger partial charge in [0.2, 0.25) is 0 Å². The van der Waals surface area contributed by atoms with Crippen molar-refractivity contribution in [3.05, 3.63) is 0 Å². The van der Waals surface area contributed by atoms with Crippen LogP contribution in [0.3, 0.4) is 0 Å². The minimum absolute atomic E-state index is 0. The largest absolute Gasteiger partial charge is 0.480 e. The van der Waals surface area contributed by atoms with E-state index in [2.05, 4.69) is 0 Å². The van der Waals surface area contributed by atoms with Gasteiger partial charge in [0.05, 0.1) is 13.2 Å². The number of aliphatic hydroxyl groups is 2. The summed E-state index contributed by atoms with van der Waals surface area (Å²) in [5.41, 5.74) is 10.3. The molecule has 88 valence electrons. The number of hydrogen-bond donors (Lipinski definition) is 5. The highest BCUT2D eigenvalue weighted by Crippen LogP contribution is 1.91. The summed E-state index contributed by atoms with van der Waals surface area (Å²) >= 11 is 0. The van der Waals surface area contributed by atoms with Crippen LogP contribution in [-0.4, -0.2) is 47.1 Å². The molecule has 0 aliphatic heterocycles. The molecule has 0 unspecified atom stereocenters. The molecular formula is C7H19ClN2O4. The maximum atomic E-state index is 10.0. The van der Waals surface area contributed by atoms with Crippen LogP contribution in [0.4, 0.5) is 0 Å². The first-order valence-electron chi connectivity index (χ1n) is 4.00. The lowest BCUT2D eigenvalue weighted by atomic mass is 10.2. The first kappa shape index (κ1) is 19.2. The number of halogens is 1. The van der Waals surface area contributed by atoms with E-state index in [1.807, 2.05) is 0 Å². The molecule has 14 heavy (non-hydrogen) atoms. The molecule has 0 amide bonds. The van der Waals surface area contributed by atoms with Crippen molar-refractivity contribution < 1.29 is 20.1 Å². The lowest BCUT2D eigenvalue weighted by Crippen LogP contribution is -2.30. The molecule has 7 N–H and O–H groups in total. The van der Waals surface area contributed by atoms with Crippen LogP contribution in [0.1, 0.15) is 12.8 Å². The van der Waals surface area contributed by atoms with Crippen molar-refractivity contribution >= 4 is 18.4 Å². The molecule has 0 aliphatic rings. The highest BCUT2D eigenvalue weighted by Gasteiger charge is 2.08. The van der Waals surface area contributed by atoms with Crippen LogP contribution >= 0.6 is 12.4 Å². The van der Waals surface area contributed by atoms with E-state index in [0.717, 1.165) is 0 Å². The minimum Gasteiger partial charge on any atom is -0.480 e. The van der Waals surface area contributed by atoms with Crippen LogP contribution in [0.15, 0.2) is 0 Å². The van der Waals surface area contributed by atoms with Crippen molar-refractivity contribution in [2.24, 2.45) is 11.5 Å². The van der Waals surface area contributed by atoms with Gasteiger partial charge in [-0.3, -0.25) is 4.79 Å². The molecule has 0 aromatic heterocycles. The topological polar surface area (TPSA) is 130 Å². The van der Waals surface area contributed by atoms with Crippen LogP contribution in [0, 0.1) is 0 Å². The highest BCUT2D eigenvalue weighted by atomic mass is 35.5. The Hall–Kier alpha value is -0.400. The number of aliphatic carboxylic acids is 1. The van der Waals surface area contributed by atoms with Gasteiger partial charge in [0.1, 0.15) is 6.04 Å². The number of nitrogens with two attached hydrogens (primary N) is 2. The molecule has 0 heterocycles. The molecule has 0 radical (unpaired) electrons. The van der Waals surface area contributed by atoms with Crippen LogP contribution in [0.25, 0.3) is 0 Å². The van der Waals surface area contributed by atoms with Crippen molar-refractivity contribution in [3.63, 3.8) is 0 Å². The smallest absolute Gasteiger partial charge is 0.320 e. The molecule has 7 heteroatoms. The third-order valence-electron chi connectivity index (χ3n) is 1.14. The second-order valence-electron chi connectivity index (χ2n) is 2.32. The monoisotopic (exact) mass is 230 g/mol. The molecule has 0 aromatic carbocycles. The summed E-state index contributed by atoms with van der Waals surface area (Å²) in [6, 6.07) is -0.742. The van der Waals surface area contributed by atoms with Gasteiger partial charge in [-0.2, -0.15) is 0 Å². The molecule has 6 nitrogen and oxygen atoms in total. The maximum Gasteiger partial charge on any atom is 0.320 e. The lowest BCUT2D eigenvalue weighted by molar-refractivity contribution is -0.138. The molecule has 0 aromatic rings. The summed E-state index contributed by atoms with van der Waals surface area (Å²) in [6.45, 7) is 0.251. The highest BCUT2D eigenvalue weighted by molar-refractivity contribution is 5.85. The summed E-state index contributed by atoms with van der Waals surface area (Å²) in [4.78, 5) is 10.0. The normalized spacial score (nSPS) is 10.6. The Kier molecular flexibility index (Phi) is 20.7. The van der Waals surface area contributed by atoms with Crippen molar-refractivity contribution in [1.82, 2.24) is 0 Å². The summed E-state index contributed by atoms with van der Waals surface area (Å²) in [7, 11) is 0. The molecule has 0 spiro atoms. The first-order valence-corrected chi connectivity index (χ1v) is 4.00. The Morgan fingerprint density at radius 3 is 1.93 bits per heavy atom. The number of aliphatic hydroxyl groups excluding tert-OH is 2. The third-order valence-corrected chi connectivity index (χ3v) is 1.14. The average Bonchev–Trinajstić information content (AvgIpc) is 2.14. The zero-order valence-corrected chi connectivity index (χ0v) is 8.74. The van der Waals surface area contributed by atoms with Gasteiger partial charge in [-0.25, -0.2) is 0 Å². The average molecular weight is 231 g/mol. The van der Waals surface area contributed by atoms with Gasteiger partial charge in [-0.05, 0) is 19.4 Å². The Morgan fingerprint density at radius 2 is 1.71 bits per heavy atom. The van der Waals surface area contributed by atoms with Crippen molar-refractivity contribution in [2.45, 2.75) is 18.9 Å². The molecule has 0 saturated carbocycles. The van der Waals surface area contributed by atoms with Gasteiger partial charge in [0.25, 0.3) is 0 Å². The Bertz CT molecular complexity index is 124. The molecule has 0 rings (SSSR count). The predicted octanol–water partition coefficient (Wildman–Crippen LogP) is -1.47. The van der Waals surface area contributed by atoms with Gasteiger partial charge in [0.15, 0.2) is 0 Å². The Morgan fingerprint density at radius 1 is 1.29 bits per heavy atom. The van der Waals surface area contributed by atoms with E-state index < -0.39 is 12.0 Å². The maximum absolute atomic E-state index is 10.0. The van der Waals surface area contributed by atoms with Crippen LogP contribution in [-0.2, 0) is 4.79 Å². The molecule has 0 saturated heterocycles. The Balaban J connectivity index is -0.000000209. The molecule has 0 bridgehead atoms. The molecular weight excluding hydrogens is 212 g/mol. The SMILES string of the molecule is Cl.NCCC[C@H](N)C(=O)O.OCCO. The van der Waals surface area contributed by atoms with Crippen molar-refractivity contribution in [1.29, 1.82) is 0 Å². The lowest BCUT2D eigenvalue weighted by Gasteiger charge is -2.02. The van der Waals surface area contributed by atoms with Crippen LogP contribution in [0.5, 0.6) is 0 Å². The van der Waals surface area contributed by atoms with Crippen LogP contribution in [0.2, 0.25) is 0 Å². The van der Waals surface area contributed by atoms with E-state index in [1.165, 1.54) is 0 Å². The van der Waals surface area contributed by atoms with Gasteiger partial charge >= 0.3 is 5.97 Å². The zero-order chi connectivity index (χ0) is 10.7. The summed E-state index contributed by atoms with van der Waals surface area (Å²) in [5.74, 6) is -0.955. The zero-order valence-electron chi connectivity index (χ0n) is 7.93. The van der Waals surface area contributed by atoms with E-state index in [4.69, 9.17) is 26.8 Å². The molecule has 0 fully saturated rings. The van der Waals surface area contributed by atoms with E-state index in [1.54, 1.807) is 0 Å². The molecule has 0 aliphatic carbocycles. The molecule has 1 atom stereocenters. The van der Waals surface area contributed by atoms with E-state index in [-0.39, 0.29) is 25.6 Å². The number of carboxylic acid groups (broad SMARTS) is 1. The summed E-state index contributed by atoms with van der Waals surface area (Å²) in [5, 5.41) is 23.5. The van der Waals surface area contributed by atoms with Gasteiger partial charge in [-0.1, -0.05) is 0 Å². The van der Waals surface area contributed by atoms with E-state index >= 15 is 0 Å². The van der Waals surface area contributed by atoms with Gasteiger partial charge < -0.3 is 26.8 Å². The number of carbonyl (C=O) groups is 1. The first-order chi connectivity index (χ1) is 6.09. The third kappa shape index (κ3) is 17.6. The number of carboxylic acids is 1. The van der Waals surface area contributed by atoms with Gasteiger partial charge in [-0.15, -0.1) is 12.4 Å². The fraction of sp³-hybridized carbons (Fsp3) is 0.857. The van der Waals surface area contributed by atoms with Gasteiger partial charge in [0, 0.05) is 0 Å². The summed E-state index contributed by atoms with van der Waals surface area (Å²) in [6.07, 6.45) is 1.14. The minimum atomic E-state index is -0.955. The summed E-state index contributed by atoms with van der Waals surface area (Å²) < 4.78 is 0. The number of hydrogen-bond acceptors (Lipinski definition) is 5. The van der Waals surface area contributed by atoms with Crippen LogP contribution < -0.4 is 11.5 Å². The standard InChI is InChI=1S/C5H12N2O2.C2H6O2.ClH/c6-3-1-2-4(7)5(8)9;3-1-2-4;/h4H,1-3,6-7H2,(H,8,9);3-4H,1-2H2;1H/t4-;;/m0../s1. The number of rotatable bonds is 5. The van der Waals surface area contributed by atoms with Crippen molar-refractivity contribution in [3.8, 4) is 0 Å². The van der Waals surface area contributed by atoms with Crippen molar-refractivity contribution in [2.75, 3.05) is 19.8 Å². The predicted molar refractivity (Wildman–Crippen MR) is 55.3 cm³/mol. The quantitative estimate of drug-likeness (QED) is 0.392. The Labute approximate surface area is 89.3 Å².